The van der Waals surface area contributed by atoms with E-state index >= 15 is 0 Å². The molecule has 2 N–H and O–H groups in total. The van der Waals surface area contributed by atoms with E-state index in [9.17, 15) is 9.59 Å². The Bertz CT molecular complexity index is 532. The number of amides is 1. The minimum atomic E-state index is -0.742. The number of nitrogens with one attached hydrogen (secondary N) is 1. The zero-order chi connectivity index (χ0) is 15.9. The molecule has 1 amide bonds. The third-order valence-corrected chi connectivity index (χ3v) is 4.26. The van der Waals surface area contributed by atoms with Crippen LogP contribution in [-0.4, -0.2) is 23.5 Å². The maximum atomic E-state index is 12.0. The van der Waals surface area contributed by atoms with Crippen LogP contribution in [0.15, 0.2) is 24.3 Å². The van der Waals surface area contributed by atoms with Crippen molar-refractivity contribution in [3.63, 3.8) is 0 Å². The Labute approximate surface area is 135 Å². The molecular formula is C17H22ClNO3. The van der Waals surface area contributed by atoms with E-state index in [1.165, 1.54) is 0 Å². The topological polar surface area (TPSA) is 66.4 Å². The number of aliphatic carboxylic acids is 1. The number of halogens is 1. The first-order valence-electron chi connectivity index (χ1n) is 7.83. The second kappa shape index (κ2) is 8.18. The van der Waals surface area contributed by atoms with Gasteiger partial charge < -0.3 is 10.4 Å². The smallest absolute Gasteiger partial charge is 0.303 e. The van der Waals surface area contributed by atoms with Crippen molar-refractivity contribution in [2.45, 2.75) is 44.4 Å². The molecule has 1 aliphatic carbocycles. The molecule has 120 valence electrons. The van der Waals surface area contributed by atoms with E-state index in [4.69, 9.17) is 16.7 Å². The van der Waals surface area contributed by atoms with Gasteiger partial charge in [0.15, 0.2) is 0 Å². The Kier molecular flexibility index (Phi) is 6.25. The van der Waals surface area contributed by atoms with Gasteiger partial charge in [0.1, 0.15) is 0 Å². The van der Waals surface area contributed by atoms with E-state index < -0.39 is 5.97 Å². The molecule has 22 heavy (non-hydrogen) atoms. The number of benzene rings is 1. The molecular weight excluding hydrogens is 302 g/mol. The fourth-order valence-electron chi connectivity index (χ4n) is 2.69. The van der Waals surface area contributed by atoms with Crippen LogP contribution in [0.25, 0.3) is 0 Å². The van der Waals surface area contributed by atoms with Gasteiger partial charge >= 0.3 is 5.97 Å². The van der Waals surface area contributed by atoms with E-state index in [1.807, 2.05) is 24.3 Å². The summed E-state index contributed by atoms with van der Waals surface area (Å²) in [7, 11) is 0. The van der Waals surface area contributed by atoms with Crippen LogP contribution in [0.5, 0.6) is 0 Å². The van der Waals surface area contributed by atoms with E-state index in [0.717, 1.165) is 31.2 Å². The largest absolute Gasteiger partial charge is 0.481 e. The summed E-state index contributed by atoms with van der Waals surface area (Å²) in [6, 6.07) is 7.71. The van der Waals surface area contributed by atoms with Gasteiger partial charge in [0.25, 0.3) is 0 Å². The summed E-state index contributed by atoms with van der Waals surface area (Å²) in [4.78, 5) is 22.4. The number of hydrogen-bond donors (Lipinski definition) is 2. The van der Waals surface area contributed by atoms with Crippen molar-refractivity contribution in [2.75, 3.05) is 6.54 Å². The molecule has 1 aromatic carbocycles. The van der Waals surface area contributed by atoms with Crippen LogP contribution >= 0.6 is 11.6 Å². The molecule has 0 spiro atoms. The number of carboxylic acid groups (broad SMARTS) is 1. The molecule has 0 radical (unpaired) electrons. The van der Waals surface area contributed by atoms with Crippen molar-refractivity contribution in [3.05, 3.63) is 34.9 Å². The first kappa shape index (κ1) is 16.8. The van der Waals surface area contributed by atoms with Crippen LogP contribution in [-0.2, 0) is 9.59 Å². The Balaban J connectivity index is 1.58. The highest BCUT2D eigenvalue weighted by atomic mass is 35.5. The summed E-state index contributed by atoms with van der Waals surface area (Å²) in [5.41, 5.74) is 1.14. The Hall–Kier alpha value is -1.55. The first-order chi connectivity index (χ1) is 10.6. The molecule has 0 aromatic heterocycles. The van der Waals surface area contributed by atoms with E-state index in [2.05, 4.69) is 5.32 Å². The molecule has 1 aromatic rings. The maximum absolute atomic E-state index is 12.0. The van der Waals surface area contributed by atoms with Crippen molar-refractivity contribution in [3.8, 4) is 0 Å². The maximum Gasteiger partial charge on any atom is 0.303 e. The summed E-state index contributed by atoms with van der Waals surface area (Å²) < 4.78 is 0. The molecule has 1 saturated carbocycles. The van der Waals surface area contributed by atoms with Gasteiger partial charge in [-0.05, 0) is 42.9 Å². The van der Waals surface area contributed by atoms with Crippen LogP contribution in [0.4, 0.5) is 0 Å². The van der Waals surface area contributed by atoms with Gasteiger partial charge in [-0.1, -0.05) is 36.6 Å². The zero-order valence-corrected chi connectivity index (χ0v) is 13.3. The normalized spacial score (nSPS) is 19.7. The van der Waals surface area contributed by atoms with Crippen LogP contribution < -0.4 is 5.32 Å². The van der Waals surface area contributed by atoms with E-state index in [1.54, 1.807) is 0 Å². The lowest BCUT2D eigenvalue weighted by molar-refractivity contribution is -0.137. The monoisotopic (exact) mass is 323 g/mol. The van der Waals surface area contributed by atoms with Gasteiger partial charge in [0.05, 0.1) is 0 Å². The summed E-state index contributed by atoms with van der Waals surface area (Å²) in [5, 5.41) is 12.2. The number of hydrogen-bond acceptors (Lipinski definition) is 2. The van der Waals surface area contributed by atoms with E-state index in [-0.39, 0.29) is 18.2 Å². The Morgan fingerprint density at radius 2 is 2.00 bits per heavy atom. The van der Waals surface area contributed by atoms with Crippen molar-refractivity contribution in [1.29, 1.82) is 0 Å². The van der Waals surface area contributed by atoms with Gasteiger partial charge in [-0.25, -0.2) is 0 Å². The minimum Gasteiger partial charge on any atom is -0.481 e. The highest BCUT2D eigenvalue weighted by Gasteiger charge is 2.43. The lowest BCUT2D eigenvalue weighted by atomic mass is 10.1. The van der Waals surface area contributed by atoms with E-state index in [0.29, 0.717) is 23.9 Å². The van der Waals surface area contributed by atoms with Crippen LogP contribution in [0.3, 0.4) is 0 Å². The lowest BCUT2D eigenvalue weighted by Crippen LogP contribution is -2.26. The van der Waals surface area contributed by atoms with Gasteiger partial charge in [-0.3, -0.25) is 9.59 Å². The molecule has 0 saturated heterocycles. The fourth-order valence-corrected chi connectivity index (χ4v) is 2.89. The second-order valence-electron chi connectivity index (χ2n) is 5.85. The third kappa shape index (κ3) is 5.34. The molecule has 0 aliphatic heterocycles. The number of unbranched alkanes of at least 4 members (excludes halogenated alkanes) is 3. The van der Waals surface area contributed by atoms with Crippen LogP contribution in [0, 0.1) is 5.92 Å². The minimum absolute atomic E-state index is 0.0745. The van der Waals surface area contributed by atoms with Gasteiger partial charge in [-0.15, -0.1) is 0 Å². The van der Waals surface area contributed by atoms with Gasteiger partial charge in [0, 0.05) is 23.9 Å². The van der Waals surface area contributed by atoms with Crippen molar-refractivity contribution >= 4 is 23.5 Å². The molecule has 2 unspecified atom stereocenters. The van der Waals surface area contributed by atoms with Crippen LogP contribution in [0.1, 0.15) is 50.0 Å². The molecule has 1 aliphatic rings. The van der Waals surface area contributed by atoms with Crippen molar-refractivity contribution in [2.24, 2.45) is 5.92 Å². The molecule has 2 atom stereocenters. The summed E-state index contributed by atoms with van der Waals surface area (Å²) in [6.07, 6.45) is 4.59. The fraction of sp³-hybridized carbons (Fsp3) is 0.529. The average Bonchev–Trinajstić information content (AvgIpc) is 3.26. The standard InChI is InChI=1S/C17H22ClNO3/c18-13-7-5-6-12(10-13)14-11-15(14)17(22)19-9-4-2-1-3-8-16(20)21/h5-7,10,14-15H,1-4,8-9,11H2,(H,19,22)(H,20,21). The lowest BCUT2D eigenvalue weighted by Gasteiger charge is -2.05. The number of carbonyl (C=O) groups is 2. The molecule has 4 nitrogen and oxygen atoms in total. The second-order valence-corrected chi connectivity index (χ2v) is 6.29. The highest BCUT2D eigenvalue weighted by molar-refractivity contribution is 6.30. The number of rotatable bonds is 9. The molecule has 2 rings (SSSR count). The highest BCUT2D eigenvalue weighted by Crippen LogP contribution is 2.47. The summed E-state index contributed by atoms with van der Waals surface area (Å²) in [5.74, 6) is -0.246. The Morgan fingerprint density at radius 3 is 2.73 bits per heavy atom. The average molecular weight is 324 g/mol. The third-order valence-electron chi connectivity index (χ3n) is 4.02. The molecule has 0 bridgehead atoms. The molecule has 1 fully saturated rings. The number of carbonyl (C=O) groups excluding carboxylic acids is 1. The summed E-state index contributed by atoms with van der Waals surface area (Å²) >= 11 is 5.97. The number of carboxylic acids is 1. The van der Waals surface area contributed by atoms with Gasteiger partial charge in [-0.2, -0.15) is 0 Å². The zero-order valence-electron chi connectivity index (χ0n) is 12.6. The Morgan fingerprint density at radius 1 is 1.23 bits per heavy atom. The predicted molar refractivity (Wildman–Crippen MR) is 86.0 cm³/mol. The van der Waals surface area contributed by atoms with Crippen molar-refractivity contribution in [1.82, 2.24) is 5.32 Å². The summed E-state index contributed by atoms with van der Waals surface area (Å²) in [6.45, 7) is 0.671. The molecule has 5 heteroatoms. The van der Waals surface area contributed by atoms with Gasteiger partial charge in [0.2, 0.25) is 5.91 Å². The van der Waals surface area contributed by atoms with Crippen LogP contribution in [0.2, 0.25) is 5.02 Å². The molecule has 0 heterocycles. The predicted octanol–water partition coefficient (Wildman–Crippen LogP) is 3.59. The SMILES string of the molecule is O=C(O)CCCCCCNC(=O)C1CC1c1cccc(Cl)c1. The first-order valence-corrected chi connectivity index (χ1v) is 8.20. The quantitative estimate of drug-likeness (QED) is 0.682. The van der Waals surface area contributed by atoms with Crippen molar-refractivity contribution < 1.29 is 14.7 Å².